The molecule has 1 N–H and O–H groups in total. The van der Waals surface area contributed by atoms with E-state index < -0.39 is 0 Å². The summed E-state index contributed by atoms with van der Waals surface area (Å²) in [5.74, 6) is 0.978. The second-order valence-electron chi connectivity index (χ2n) is 5.85. The third kappa shape index (κ3) is 3.21. The molecule has 0 aromatic carbocycles. The zero-order valence-corrected chi connectivity index (χ0v) is 11.0. The van der Waals surface area contributed by atoms with Crippen molar-refractivity contribution in [1.82, 2.24) is 10.2 Å². The fraction of sp³-hybridized carbons (Fsp3) is 1.00. The molecule has 1 aliphatic carbocycles. The maximum Gasteiger partial charge on any atom is 0.0209 e. The summed E-state index contributed by atoms with van der Waals surface area (Å²) >= 11 is 0. The minimum atomic E-state index is 0.775. The highest BCUT2D eigenvalue weighted by Gasteiger charge is 2.30. The van der Waals surface area contributed by atoms with Gasteiger partial charge in [0.15, 0.2) is 0 Å². The van der Waals surface area contributed by atoms with Gasteiger partial charge in [0.25, 0.3) is 0 Å². The van der Waals surface area contributed by atoms with Gasteiger partial charge < -0.3 is 10.2 Å². The Morgan fingerprint density at radius 3 is 2.81 bits per heavy atom. The summed E-state index contributed by atoms with van der Waals surface area (Å²) in [6.45, 7) is 4.85. The summed E-state index contributed by atoms with van der Waals surface area (Å²) in [6, 6.07) is 1.61. The Bertz CT molecular complexity index is 205. The first-order valence-corrected chi connectivity index (χ1v) is 7.24. The van der Waals surface area contributed by atoms with E-state index in [1.54, 1.807) is 0 Å². The van der Waals surface area contributed by atoms with Crippen molar-refractivity contribution in [3.63, 3.8) is 0 Å². The van der Waals surface area contributed by atoms with Gasteiger partial charge in [0.1, 0.15) is 0 Å². The molecule has 0 amide bonds. The van der Waals surface area contributed by atoms with Gasteiger partial charge in [-0.25, -0.2) is 0 Å². The van der Waals surface area contributed by atoms with Gasteiger partial charge in [0, 0.05) is 18.6 Å². The molecule has 0 spiro atoms. The quantitative estimate of drug-likeness (QED) is 0.772. The molecule has 16 heavy (non-hydrogen) atoms. The Balaban J connectivity index is 1.74. The van der Waals surface area contributed by atoms with Crippen LogP contribution < -0.4 is 5.32 Å². The van der Waals surface area contributed by atoms with Crippen molar-refractivity contribution < 1.29 is 0 Å². The fourth-order valence-corrected chi connectivity index (χ4v) is 3.44. The fourth-order valence-electron chi connectivity index (χ4n) is 3.44. The Morgan fingerprint density at radius 1 is 1.25 bits per heavy atom. The first-order chi connectivity index (χ1) is 7.79. The molecule has 2 fully saturated rings. The van der Waals surface area contributed by atoms with Gasteiger partial charge in [-0.1, -0.05) is 26.2 Å². The van der Waals surface area contributed by atoms with Crippen LogP contribution in [0.1, 0.15) is 51.9 Å². The molecule has 3 atom stereocenters. The van der Waals surface area contributed by atoms with Crippen LogP contribution in [0.25, 0.3) is 0 Å². The van der Waals surface area contributed by atoms with Gasteiger partial charge in [0.05, 0.1) is 0 Å². The Kier molecular flexibility index (Phi) is 4.66. The van der Waals surface area contributed by atoms with Crippen LogP contribution in [0.5, 0.6) is 0 Å². The van der Waals surface area contributed by atoms with E-state index in [2.05, 4.69) is 24.2 Å². The van der Waals surface area contributed by atoms with Gasteiger partial charge in [-0.3, -0.25) is 0 Å². The van der Waals surface area contributed by atoms with E-state index in [-0.39, 0.29) is 0 Å². The molecule has 0 aromatic heterocycles. The lowest BCUT2D eigenvalue weighted by Gasteiger charge is -2.24. The molecule has 2 heteroatoms. The van der Waals surface area contributed by atoms with E-state index in [0.29, 0.717) is 0 Å². The SMILES string of the molecule is CCCCC1CCCC1NC1CCN(C)C1. The maximum absolute atomic E-state index is 3.93. The zero-order chi connectivity index (χ0) is 11.4. The van der Waals surface area contributed by atoms with Crippen LogP contribution in [0, 0.1) is 5.92 Å². The van der Waals surface area contributed by atoms with E-state index in [0.717, 1.165) is 18.0 Å². The van der Waals surface area contributed by atoms with Crippen LogP contribution >= 0.6 is 0 Å². The van der Waals surface area contributed by atoms with E-state index in [4.69, 9.17) is 0 Å². The van der Waals surface area contributed by atoms with Crippen molar-refractivity contribution in [2.45, 2.75) is 64.0 Å². The summed E-state index contributed by atoms with van der Waals surface area (Å²) in [5.41, 5.74) is 0. The molecule has 0 radical (unpaired) electrons. The van der Waals surface area contributed by atoms with Crippen LogP contribution in [-0.2, 0) is 0 Å². The monoisotopic (exact) mass is 224 g/mol. The van der Waals surface area contributed by atoms with Gasteiger partial charge in [-0.05, 0) is 45.2 Å². The van der Waals surface area contributed by atoms with Crippen molar-refractivity contribution >= 4 is 0 Å². The smallest absolute Gasteiger partial charge is 0.0209 e. The summed E-state index contributed by atoms with van der Waals surface area (Å²) in [4.78, 5) is 2.45. The molecule has 0 aromatic rings. The number of nitrogens with one attached hydrogen (secondary N) is 1. The first-order valence-electron chi connectivity index (χ1n) is 7.24. The highest BCUT2D eigenvalue weighted by Crippen LogP contribution is 2.30. The van der Waals surface area contributed by atoms with Gasteiger partial charge >= 0.3 is 0 Å². The molecule has 3 unspecified atom stereocenters. The molecule has 1 aliphatic heterocycles. The van der Waals surface area contributed by atoms with E-state index in [1.807, 2.05) is 0 Å². The van der Waals surface area contributed by atoms with E-state index >= 15 is 0 Å². The number of hydrogen-bond acceptors (Lipinski definition) is 2. The van der Waals surface area contributed by atoms with Crippen molar-refractivity contribution in [3.05, 3.63) is 0 Å². The topological polar surface area (TPSA) is 15.3 Å². The maximum atomic E-state index is 3.93. The van der Waals surface area contributed by atoms with Crippen molar-refractivity contribution in [2.24, 2.45) is 5.92 Å². The number of nitrogens with zero attached hydrogens (tertiary/aromatic N) is 1. The first kappa shape index (κ1) is 12.4. The summed E-state index contributed by atoms with van der Waals surface area (Å²) in [6.07, 6.45) is 9.94. The second kappa shape index (κ2) is 6.02. The number of likely N-dealkylation sites (N-methyl/N-ethyl adjacent to an activating group) is 1. The largest absolute Gasteiger partial charge is 0.310 e. The lowest BCUT2D eigenvalue weighted by molar-refractivity contribution is 0.326. The third-order valence-electron chi connectivity index (χ3n) is 4.43. The number of hydrogen-bond donors (Lipinski definition) is 1. The molecule has 0 bridgehead atoms. The van der Waals surface area contributed by atoms with Crippen LogP contribution in [0.3, 0.4) is 0 Å². The average Bonchev–Trinajstić information content (AvgIpc) is 2.86. The van der Waals surface area contributed by atoms with Crippen LogP contribution in [0.4, 0.5) is 0 Å². The molecule has 2 rings (SSSR count). The lowest BCUT2D eigenvalue weighted by atomic mass is 9.96. The molecule has 94 valence electrons. The Morgan fingerprint density at radius 2 is 2.12 bits per heavy atom. The second-order valence-corrected chi connectivity index (χ2v) is 5.85. The molecular weight excluding hydrogens is 196 g/mol. The number of rotatable bonds is 5. The average molecular weight is 224 g/mol. The van der Waals surface area contributed by atoms with Crippen molar-refractivity contribution in [2.75, 3.05) is 20.1 Å². The molecular formula is C14H28N2. The molecule has 2 aliphatic rings. The molecule has 1 heterocycles. The Hall–Kier alpha value is -0.0800. The third-order valence-corrected chi connectivity index (χ3v) is 4.43. The summed E-state index contributed by atoms with van der Waals surface area (Å²) < 4.78 is 0. The number of unbranched alkanes of at least 4 members (excludes halogenated alkanes) is 1. The summed E-state index contributed by atoms with van der Waals surface area (Å²) in [7, 11) is 2.24. The predicted molar refractivity (Wildman–Crippen MR) is 69.7 cm³/mol. The molecule has 1 saturated heterocycles. The predicted octanol–water partition coefficient (Wildman–Crippen LogP) is 2.64. The normalized spacial score (nSPS) is 36.0. The zero-order valence-electron chi connectivity index (χ0n) is 11.0. The van der Waals surface area contributed by atoms with Crippen molar-refractivity contribution in [3.8, 4) is 0 Å². The van der Waals surface area contributed by atoms with Crippen LogP contribution in [0.2, 0.25) is 0 Å². The van der Waals surface area contributed by atoms with E-state index in [9.17, 15) is 0 Å². The van der Waals surface area contributed by atoms with Crippen LogP contribution in [-0.4, -0.2) is 37.1 Å². The summed E-state index contributed by atoms with van der Waals surface area (Å²) in [5, 5.41) is 3.93. The number of likely N-dealkylation sites (tertiary alicyclic amines) is 1. The van der Waals surface area contributed by atoms with E-state index in [1.165, 1.54) is 58.0 Å². The Labute approximate surface area is 101 Å². The van der Waals surface area contributed by atoms with Crippen molar-refractivity contribution in [1.29, 1.82) is 0 Å². The standard InChI is InChI=1S/C14H28N2/c1-3-4-6-12-7-5-8-14(12)15-13-9-10-16(2)11-13/h12-15H,3-11H2,1-2H3. The highest BCUT2D eigenvalue weighted by atomic mass is 15.2. The molecule has 2 nitrogen and oxygen atoms in total. The molecule has 1 saturated carbocycles. The van der Waals surface area contributed by atoms with Gasteiger partial charge in [-0.2, -0.15) is 0 Å². The van der Waals surface area contributed by atoms with Gasteiger partial charge in [0.2, 0.25) is 0 Å². The minimum absolute atomic E-state index is 0.775. The van der Waals surface area contributed by atoms with Gasteiger partial charge in [-0.15, -0.1) is 0 Å². The highest BCUT2D eigenvalue weighted by molar-refractivity contribution is 4.88. The lowest BCUT2D eigenvalue weighted by Crippen LogP contribution is -2.41. The van der Waals surface area contributed by atoms with Crippen LogP contribution in [0.15, 0.2) is 0 Å². The minimum Gasteiger partial charge on any atom is -0.310 e.